The number of hydrogen-bond acceptors (Lipinski definition) is 3. The number of hydrogen-bond donors (Lipinski definition) is 3. The first-order valence-corrected chi connectivity index (χ1v) is 4.73. The highest BCUT2D eigenvalue weighted by atomic mass is 35.5. The van der Waals surface area contributed by atoms with E-state index in [1.165, 1.54) is 0 Å². The zero-order chi connectivity index (χ0) is 11.5. The summed E-state index contributed by atoms with van der Waals surface area (Å²) < 4.78 is 0. The topological polar surface area (TPSA) is 105 Å². The Balaban J connectivity index is 0.00000144. The molecule has 2 heterocycles. The van der Waals surface area contributed by atoms with Gasteiger partial charge in [0.25, 0.3) is 0 Å². The Hall–Kier alpha value is -1.79. The van der Waals surface area contributed by atoms with Crippen molar-refractivity contribution in [1.29, 1.82) is 0 Å². The Kier molecular flexibility index (Phi) is 6.15. The van der Waals surface area contributed by atoms with Gasteiger partial charge in [-0.15, -0.1) is 29.9 Å². The molecule has 0 atom stereocenters. The first-order chi connectivity index (χ1) is 7.66. The summed E-state index contributed by atoms with van der Waals surface area (Å²) in [5, 5.41) is 8.56. The van der Waals surface area contributed by atoms with Crippen LogP contribution in [0.25, 0.3) is 10.9 Å². The van der Waals surface area contributed by atoms with Crippen LogP contribution < -0.4 is 11.5 Å². The Morgan fingerprint density at radius 1 is 1.28 bits per heavy atom. The number of nitrogens with one attached hydrogen (secondary N) is 1. The quantitative estimate of drug-likeness (QED) is 0.442. The van der Waals surface area contributed by atoms with Crippen LogP contribution in [0.15, 0.2) is 34.7 Å². The van der Waals surface area contributed by atoms with Crippen LogP contribution >= 0.6 is 24.8 Å². The van der Waals surface area contributed by atoms with Crippen LogP contribution in [-0.2, 0) is 0 Å². The van der Waals surface area contributed by atoms with E-state index in [9.17, 15) is 0 Å². The zero-order valence-corrected chi connectivity index (χ0v) is 11.3. The molecule has 0 spiro atoms. The summed E-state index contributed by atoms with van der Waals surface area (Å²) in [4.78, 5) is 7.20. The second-order valence-electron chi connectivity index (χ2n) is 3.36. The molecular formula is C10H14Cl2N6. The summed E-state index contributed by atoms with van der Waals surface area (Å²) in [5.41, 5.74) is 12.9. The lowest BCUT2D eigenvalue weighted by atomic mass is 10.2. The van der Waals surface area contributed by atoms with Gasteiger partial charge >= 0.3 is 0 Å². The fraction of sp³-hybridized carbons (Fsp3) is 0.100. The number of pyridine rings is 1. The van der Waals surface area contributed by atoms with Gasteiger partial charge in [0.2, 0.25) is 5.96 Å². The third-order valence-electron chi connectivity index (χ3n) is 2.13. The average molecular weight is 289 g/mol. The highest BCUT2D eigenvalue weighted by molar-refractivity contribution is 6.01. The molecule has 0 radical (unpaired) electrons. The first-order valence-electron chi connectivity index (χ1n) is 4.73. The molecule has 0 aliphatic carbocycles. The molecule has 6 nitrogen and oxygen atoms in total. The molecule has 0 aliphatic rings. The normalized spacial score (nSPS) is 10.4. The standard InChI is InChI=1S/C10H12N6.2ClH/c1-6(15-16-10(11)12)8-4-7-2-3-13-5-9(7)14-8;;/h2-5,14H,1H3,(H4,11,12,16);2*1H. The van der Waals surface area contributed by atoms with E-state index in [1.807, 2.05) is 19.1 Å². The van der Waals surface area contributed by atoms with Crippen LogP contribution in [0.5, 0.6) is 0 Å². The number of nitrogens with zero attached hydrogens (tertiary/aromatic N) is 3. The van der Waals surface area contributed by atoms with E-state index in [2.05, 4.69) is 20.2 Å². The van der Waals surface area contributed by atoms with E-state index in [-0.39, 0.29) is 30.8 Å². The van der Waals surface area contributed by atoms with E-state index in [1.54, 1.807) is 12.4 Å². The SMILES string of the molecule is CC(=NN=C(N)N)c1cc2ccncc2[nH]1.Cl.Cl. The summed E-state index contributed by atoms with van der Waals surface area (Å²) >= 11 is 0. The Morgan fingerprint density at radius 2 is 2.00 bits per heavy atom. The number of nitrogens with two attached hydrogens (primary N) is 2. The van der Waals surface area contributed by atoms with Gasteiger partial charge in [-0.1, -0.05) is 0 Å². The third-order valence-corrected chi connectivity index (χ3v) is 2.13. The fourth-order valence-corrected chi connectivity index (χ4v) is 1.35. The maximum atomic E-state index is 5.19. The van der Waals surface area contributed by atoms with Crippen molar-refractivity contribution >= 4 is 47.4 Å². The van der Waals surface area contributed by atoms with Gasteiger partial charge in [-0.05, 0) is 19.1 Å². The lowest BCUT2D eigenvalue weighted by molar-refractivity contribution is 1.19. The van der Waals surface area contributed by atoms with Gasteiger partial charge < -0.3 is 16.5 Å². The number of rotatable bonds is 2. The Morgan fingerprint density at radius 3 is 2.61 bits per heavy atom. The number of H-pyrrole nitrogens is 1. The molecule has 2 aromatic rings. The minimum absolute atomic E-state index is 0. The van der Waals surface area contributed by atoms with Gasteiger partial charge in [0, 0.05) is 11.6 Å². The molecule has 0 fully saturated rings. The van der Waals surface area contributed by atoms with Crippen molar-refractivity contribution in [2.45, 2.75) is 6.92 Å². The van der Waals surface area contributed by atoms with Gasteiger partial charge in [-0.2, -0.15) is 5.10 Å². The first kappa shape index (κ1) is 16.2. The maximum absolute atomic E-state index is 5.19. The maximum Gasteiger partial charge on any atom is 0.211 e. The number of fused-ring (bicyclic) bond motifs is 1. The van der Waals surface area contributed by atoms with Crippen LogP contribution in [0, 0.1) is 0 Å². The molecule has 0 bridgehead atoms. The molecule has 0 saturated heterocycles. The number of guanidine groups is 1. The summed E-state index contributed by atoms with van der Waals surface area (Å²) in [6, 6.07) is 3.89. The predicted molar refractivity (Wildman–Crippen MR) is 78.6 cm³/mol. The summed E-state index contributed by atoms with van der Waals surface area (Å²) in [7, 11) is 0. The smallest absolute Gasteiger partial charge is 0.211 e. The van der Waals surface area contributed by atoms with E-state index >= 15 is 0 Å². The zero-order valence-electron chi connectivity index (χ0n) is 9.62. The highest BCUT2D eigenvalue weighted by Gasteiger charge is 2.02. The molecule has 0 aliphatic heterocycles. The third kappa shape index (κ3) is 3.61. The van der Waals surface area contributed by atoms with E-state index in [4.69, 9.17) is 11.5 Å². The molecule has 0 aromatic carbocycles. The fourth-order valence-electron chi connectivity index (χ4n) is 1.35. The monoisotopic (exact) mass is 288 g/mol. The van der Waals surface area contributed by atoms with Gasteiger partial charge in [-0.25, -0.2) is 0 Å². The number of aromatic amines is 1. The van der Waals surface area contributed by atoms with Gasteiger partial charge in [0.05, 0.1) is 23.1 Å². The number of halogens is 2. The van der Waals surface area contributed by atoms with Crippen molar-refractivity contribution < 1.29 is 0 Å². The molecule has 0 amide bonds. The van der Waals surface area contributed by atoms with Crippen LogP contribution in [0.2, 0.25) is 0 Å². The van der Waals surface area contributed by atoms with Crippen LogP contribution in [0.4, 0.5) is 0 Å². The molecule has 2 rings (SSSR count). The van der Waals surface area contributed by atoms with Gasteiger partial charge in [0.15, 0.2) is 0 Å². The minimum Gasteiger partial charge on any atom is -0.369 e. The van der Waals surface area contributed by atoms with E-state index in [0.717, 1.165) is 16.6 Å². The summed E-state index contributed by atoms with van der Waals surface area (Å²) in [6.07, 6.45) is 3.50. The predicted octanol–water partition coefficient (Wildman–Crippen LogP) is 1.40. The van der Waals surface area contributed by atoms with Crippen LogP contribution in [-0.4, -0.2) is 21.6 Å². The van der Waals surface area contributed by atoms with Crippen molar-refractivity contribution in [3.8, 4) is 0 Å². The molecule has 18 heavy (non-hydrogen) atoms. The van der Waals surface area contributed by atoms with E-state index in [0.29, 0.717) is 5.71 Å². The van der Waals surface area contributed by atoms with Crippen molar-refractivity contribution in [3.63, 3.8) is 0 Å². The Bertz CT molecular complexity index is 538. The van der Waals surface area contributed by atoms with Crippen LogP contribution in [0.1, 0.15) is 12.6 Å². The second-order valence-corrected chi connectivity index (χ2v) is 3.36. The molecule has 0 saturated carbocycles. The van der Waals surface area contributed by atoms with E-state index < -0.39 is 0 Å². The van der Waals surface area contributed by atoms with Crippen LogP contribution in [0.3, 0.4) is 0 Å². The van der Waals surface area contributed by atoms with Crippen molar-refractivity contribution in [1.82, 2.24) is 9.97 Å². The summed E-state index contributed by atoms with van der Waals surface area (Å²) in [5.74, 6) is -0.0582. The average Bonchev–Trinajstić information content (AvgIpc) is 2.69. The lowest BCUT2D eigenvalue weighted by Crippen LogP contribution is -2.22. The summed E-state index contributed by atoms with van der Waals surface area (Å²) in [6.45, 7) is 1.82. The second kappa shape index (κ2) is 6.83. The molecule has 0 unspecified atom stereocenters. The van der Waals surface area contributed by atoms with Crippen molar-refractivity contribution in [2.75, 3.05) is 0 Å². The Labute approximate surface area is 116 Å². The molecule has 98 valence electrons. The van der Waals surface area contributed by atoms with Crippen molar-refractivity contribution in [2.24, 2.45) is 21.7 Å². The molecular weight excluding hydrogens is 275 g/mol. The van der Waals surface area contributed by atoms with Gasteiger partial charge in [0.1, 0.15) is 0 Å². The number of aromatic nitrogens is 2. The lowest BCUT2D eigenvalue weighted by Gasteiger charge is -1.92. The largest absolute Gasteiger partial charge is 0.369 e. The molecule has 5 N–H and O–H groups in total. The highest BCUT2D eigenvalue weighted by Crippen LogP contribution is 2.13. The minimum atomic E-state index is -0.0582. The molecule has 8 heteroatoms. The van der Waals surface area contributed by atoms with Crippen molar-refractivity contribution in [3.05, 3.63) is 30.2 Å². The molecule has 2 aromatic heterocycles. The van der Waals surface area contributed by atoms with Gasteiger partial charge in [-0.3, -0.25) is 4.98 Å².